The fourth-order valence-electron chi connectivity index (χ4n) is 11.2. The van der Waals surface area contributed by atoms with Crippen molar-refractivity contribution in [2.45, 2.75) is 32.1 Å². The highest BCUT2D eigenvalue weighted by atomic mass is 28.3. The maximum atomic E-state index is 2.58. The maximum Gasteiger partial charge on any atom is 0.179 e. The molecule has 8 aromatic carbocycles. The predicted molar refractivity (Wildman–Crippen MR) is 256 cm³/mol. The Morgan fingerprint density at radius 1 is 0.467 bits per heavy atom. The number of hydrogen-bond donors (Lipinski definition) is 0. The minimum absolute atomic E-state index is 0.0924. The van der Waals surface area contributed by atoms with Crippen molar-refractivity contribution in [3.8, 4) is 22.5 Å². The third-order valence-electron chi connectivity index (χ3n) is 13.7. The average molecular weight is 785 g/mol. The molecule has 0 fully saturated rings. The van der Waals surface area contributed by atoms with E-state index in [0.29, 0.717) is 0 Å². The molecule has 0 aliphatic heterocycles. The van der Waals surface area contributed by atoms with Crippen LogP contribution in [0.1, 0.15) is 42.7 Å². The van der Waals surface area contributed by atoms with Crippen LogP contribution in [0.5, 0.6) is 0 Å². The maximum absolute atomic E-state index is 2.87. The van der Waals surface area contributed by atoms with E-state index in [2.05, 4.69) is 229 Å². The first kappa shape index (κ1) is 35.0. The van der Waals surface area contributed by atoms with Gasteiger partial charge in [-0.2, -0.15) is 0 Å². The molecule has 2 nitrogen and oxygen atoms in total. The van der Waals surface area contributed by atoms with E-state index in [1.165, 1.54) is 98.3 Å². The van der Waals surface area contributed by atoms with E-state index in [4.69, 9.17) is 0 Å². The van der Waals surface area contributed by atoms with Crippen molar-refractivity contribution in [2.24, 2.45) is 0 Å². The van der Waals surface area contributed by atoms with Gasteiger partial charge in [0.15, 0.2) is 8.07 Å². The fraction of sp³-hybridized carbons (Fsp3) is 0.0877. The molecule has 10 aromatic rings. The van der Waals surface area contributed by atoms with E-state index in [1.54, 1.807) is 0 Å². The van der Waals surface area contributed by atoms with Gasteiger partial charge in [-0.1, -0.05) is 178 Å². The average Bonchev–Trinajstić information content (AvgIpc) is 3.91. The lowest BCUT2D eigenvalue weighted by atomic mass is 9.80. The van der Waals surface area contributed by atoms with Crippen molar-refractivity contribution < 1.29 is 0 Å². The van der Waals surface area contributed by atoms with Crippen LogP contribution in [0.4, 0.5) is 0 Å². The van der Waals surface area contributed by atoms with E-state index in [-0.39, 0.29) is 5.41 Å². The summed E-state index contributed by atoms with van der Waals surface area (Å²) in [5, 5.41) is 9.42. The minimum Gasteiger partial charge on any atom is -0.313 e. The summed E-state index contributed by atoms with van der Waals surface area (Å²) in [7, 11) is -2.87. The molecular weight excluding hydrogens is 741 g/mol. The molecule has 60 heavy (non-hydrogen) atoms. The third kappa shape index (κ3) is 4.87. The summed E-state index contributed by atoms with van der Waals surface area (Å²) in [6.07, 6.45) is 6.84. The summed E-state index contributed by atoms with van der Waals surface area (Å²) in [5.41, 5.74) is 14.5. The van der Waals surface area contributed by atoms with Crippen LogP contribution in [-0.2, 0) is 11.8 Å². The van der Waals surface area contributed by atoms with Crippen molar-refractivity contribution >= 4 is 67.6 Å². The smallest absolute Gasteiger partial charge is 0.179 e. The van der Waals surface area contributed by atoms with Crippen LogP contribution < -0.4 is 20.7 Å². The monoisotopic (exact) mass is 784 g/mol. The van der Waals surface area contributed by atoms with E-state index >= 15 is 0 Å². The van der Waals surface area contributed by atoms with Crippen LogP contribution >= 0.6 is 0 Å². The van der Waals surface area contributed by atoms with Gasteiger partial charge in [-0.15, -0.1) is 0 Å². The van der Waals surface area contributed by atoms with Gasteiger partial charge in [0.25, 0.3) is 0 Å². The quantitative estimate of drug-likeness (QED) is 0.117. The van der Waals surface area contributed by atoms with Crippen LogP contribution in [0, 0.1) is 0 Å². The zero-order valence-corrected chi connectivity index (χ0v) is 34.9. The first-order valence-corrected chi connectivity index (χ1v) is 23.3. The zero-order chi connectivity index (χ0) is 40.0. The van der Waals surface area contributed by atoms with Crippen LogP contribution in [0.2, 0.25) is 0 Å². The number of rotatable bonds is 6. The Bertz CT molecular complexity index is 3240. The number of allylic oxidation sites excluding steroid dienone is 1. The van der Waals surface area contributed by atoms with Gasteiger partial charge >= 0.3 is 0 Å². The lowest BCUT2D eigenvalue weighted by Gasteiger charge is -2.35. The molecule has 2 aliphatic carbocycles. The summed E-state index contributed by atoms with van der Waals surface area (Å²) in [6.45, 7) is 4.82. The first-order valence-electron chi connectivity index (χ1n) is 21.3. The van der Waals surface area contributed by atoms with Gasteiger partial charge in [0.1, 0.15) is 0 Å². The molecule has 0 N–H and O–H groups in total. The summed E-state index contributed by atoms with van der Waals surface area (Å²) in [5.74, 6) is 0. The normalized spacial score (nSPS) is 14.1. The van der Waals surface area contributed by atoms with Crippen molar-refractivity contribution in [3.63, 3.8) is 0 Å². The van der Waals surface area contributed by atoms with Crippen molar-refractivity contribution in [2.75, 3.05) is 0 Å². The standard InChI is InChI=1S/C57H44N2Si/c1-57(2)50-28-13-9-24-45(50)48-36-37-54-55(56(48)57)49-27-12-16-31-53(49)58(54)39-32-34-43(35-33-39)60(41-19-5-3-6-20-41,42-21-7-4-8-22-42)44-23-17-18-40(38-44)59-51-29-14-10-25-46(51)47-26-11-15-30-52(47)59/h3-15,17-30,32-38H,16,31H2,1-2H3. The Morgan fingerprint density at radius 2 is 1.07 bits per heavy atom. The highest BCUT2D eigenvalue weighted by molar-refractivity contribution is 7.19. The largest absolute Gasteiger partial charge is 0.313 e. The molecule has 0 saturated heterocycles. The van der Waals surface area contributed by atoms with E-state index in [0.717, 1.165) is 12.8 Å². The van der Waals surface area contributed by atoms with Gasteiger partial charge in [-0.3, -0.25) is 0 Å². The first-order chi connectivity index (χ1) is 29.5. The zero-order valence-electron chi connectivity index (χ0n) is 33.9. The van der Waals surface area contributed by atoms with Gasteiger partial charge in [-0.05, 0) is 98.3 Å². The van der Waals surface area contributed by atoms with Crippen molar-refractivity contribution in [1.29, 1.82) is 0 Å². The Kier molecular flexibility index (Phi) is 7.76. The lowest BCUT2D eigenvalue weighted by Crippen LogP contribution is -2.74. The van der Waals surface area contributed by atoms with Crippen LogP contribution in [0.3, 0.4) is 0 Å². The molecule has 0 bridgehead atoms. The fourth-order valence-corrected chi connectivity index (χ4v) is 16.0. The predicted octanol–water partition coefficient (Wildman–Crippen LogP) is 11.4. The van der Waals surface area contributed by atoms with Gasteiger partial charge in [0.2, 0.25) is 0 Å². The molecule has 0 amide bonds. The van der Waals surface area contributed by atoms with Crippen LogP contribution in [-0.4, -0.2) is 17.2 Å². The molecule has 2 heterocycles. The molecule has 0 radical (unpaired) electrons. The van der Waals surface area contributed by atoms with Crippen molar-refractivity contribution in [3.05, 3.63) is 223 Å². The molecule has 2 aliphatic rings. The Labute approximate surface area is 352 Å². The molecule has 0 spiro atoms. The molecule has 0 saturated carbocycles. The van der Waals surface area contributed by atoms with E-state index in [1.807, 2.05) is 0 Å². The highest BCUT2D eigenvalue weighted by Crippen LogP contribution is 2.53. The number of aromatic nitrogens is 2. The molecule has 12 rings (SSSR count). The molecular formula is C57H44N2Si. The van der Waals surface area contributed by atoms with Gasteiger partial charge in [0, 0.05) is 44.2 Å². The third-order valence-corrected chi connectivity index (χ3v) is 18.5. The van der Waals surface area contributed by atoms with Gasteiger partial charge in [-0.25, -0.2) is 0 Å². The molecule has 3 heteroatoms. The Balaban J connectivity index is 1.08. The summed E-state index contributed by atoms with van der Waals surface area (Å²) in [6, 6.07) is 73.2. The summed E-state index contributed by atoms with van der Waals surface area (Å²) >= 11 is 0. The number of fused-ring (bicyclic) bond motifs is 10. The van der Waals surface area contributed by atoms with E-state index in [9.17, 15) is 0 Å². The number of hydrogen-bond acceptors (Lipinski definition) is 0. The SMILES string of the molecule is CC1(C)c2ccccc2-c2ccc3c(c4c(n3-c3ccc([Si](c5ccccc5)(c5ccccc5)c5cccc(-n6c7ccccc7c7ccccc76)c5)cc3)CCC=C4)c21. The molecule has 0 unspecified atom stereocenters. The lowest BCUT2D eigenvalue weighted by molar-refractivity contribution is 0.666. The number of nitrogens with zero attached hydrogens (tertiary/aromatic N) is 2. The summed E-state index contributed by atoms with van der Waals surface area (Å²) in [4.78, 5) is 0. The van der Waals surface area contributed by atoms with Crippen LogP contribution in [0.15, 0.2) is 200 Å². The minimum atomic E-state index is -2.87. The Morgan fingerprint density at radius 3 is 1.77 bits per heavy atom. The van der Waals surface area contributed by atoms with Crippen LogP contribution in [0.25, 0.3) is 61.3 Å². The summed E-state index contributed by atoms with van der Waals surface area (Å²) < 4.78 is 5.03. The van der Waals surface area contributed by atoms with Crippen molar-refractivity contribution in [1.82, 2.24) is 9.13 Å². The molecule has 0 atom stereocenters. The molecule has 286 valence electrons. The second-order valence-corrected chi connectivity index (χ2v) is 20.9. The highest BCUT2D eigenvalue weighted by Gasteiger charge is 2.42. The molecule has 2 aromatic heterocycles. The number of benzene rings is 8. The van der Waals surface area contributed by atoms with Gasteiger partial charge in [0.05, 0.1) is 16.6 Å². The Hall–Kier alpha value is -6.94. The number of para-hydroxylation sites is 2. The second-order valence-electron chi connectivity index (χ2n) is 17.1. The van der Waals surface area contributed by atoms with Gasteiger partial charge < -0.3 is 9.13 Å². The van der Waals surface area contributed by atoms with E-state index < -0.39 is 8.07 Å². The topological polar surface area (TPSA) is 9.86 Å². The second kappa shape index (κ2) is 13.3.